The molecule has 12 heteroatoms. The number of fused-ring (bicyclic) bond motifs is 1. The van der Waals surface area contributed by atoms with E-state index in [1.165, 1.54) is 0 Å². The molecule has 0 bridgehead atoms. The first-order chi connectivity index (χ1) is 13.6. The lowest BCUT2D eigenvalue weighted by Gasteiger charge is -2.14. The number of hydrogen-bond donors (Lipinski definition) is 2. The third-order valence-corrected chi connectivity index (χ3v) is 4.97. The molecular formula is C17H19F3N6O2S. The molecule has 0 aliphatic rings. The lowest BCUT2D eigenvalue weighted by molar-refractivity contribution is -0.137. The first kappa shape index (κ1) is 20.8. The van der Waals surface area contributed by atoms with Crippen LogP contribution in [0.5, 0.6) is 0 Å². The van der Waals surface area contributed by atoms with Gasteiger partial charge in [0, 0.05) is 24.4 Å². The van der Waals surface area contributed by atoms with Gasteiger partial charge in [0.25, 0.3) is 0 Å². The summed E-state index contributed by atoms with van der Waals surface area (Å²) < 4.78 is 63.7. The van der Waals surface area contributed by atoms with Crippen molar-refractivity contribution >= 4 is 38.2 Å². The Hall–Kier alpha value is -2.89. The smallest absolute Gasteiger partial charge is 0.370 e. The number of hydrogen-bond acceptors (Lipinski definition) is 7. The van der Waals surface area contributed by atoms with Gasteiger partial charge in [0.15, 0.2) is 0 Å². The van der Waals surface area contributed by atoms with E-state index >= 15 is 0 Å². The number of aryl methyl sites for hydroxylation is 1. The normalized spacial score (nSPS) is 12.3. The molecule has 156 valence electrons. The molecule has 2 aromatic heterocycles. The fraction of sp³-hybridized carbons (Fsp3) is 0.353. The van der Waals surface area contributed by atoms with Crippen LogP contribution in [0.3, 0.4) is 0 Å². The monoisotopic (exact) mass is 428 g/mol. The van der Waals surface area contributed by atoms with Crippen LogP contribution in [0.1, 0.15) is 12.5 Å². The summed E-state index contributed by atoms with van der Waals surface area (Å²) in [6.07, 6.45) is -1.15. The van der Waals surface area contributed by atoms with Gasteiger partial charge in [-0.25, -0.2) is 13.4 Å². The van der Waals surface area contributed by atoms with Crippen molar-refractivity contribution in [1.82, 2.24) is 19.7 Å². The Kier molecular flexibility index (Phi) is 5.64. The minimum Gasteiger partial charge on any atom is -0.370 e. The van der Waals surface area contributed by atoms with Crippen LogP contribution in [-0.2, 0) is 22.6 Å². The number of nitrogens with one attached hydrogen (secondary N) is 2. The molecule has 2 N–H and O–H groups in total. The molecule has 0 aliphatic carbocycles. The summed E-state index contributed by atoms with van der Waals surface area (Å²) in [6, 6.07) is 5.20. The fourth-order valence-corrected chi connectivity index (χ4v) is 3.22. The van der Waals surface area contributed by atoms with Crippen molar-refractivity contribution in [3.8, 4) is 0 Å². The highest BCUT2D eigenvalue weighted by molar-refractivity contribution is 7.90. The highest BCUT2D eigenvalue weighted by atomic mass is 32.2. The van der Waals surface area contributed by atoms with Crippen LogP contribution in [0.2, 0.25) is 0 Å². The Morgan fingerprint density at radius 2 is 1.97 bits per heavy atom. The summed E-state index contributed by atoms with van der Waals surface area (Å²) in [4.78, 5) is 7.72. The molecule has 2 heterocycles. The molecule has 0 saturated carbocycles. The average Bonchev–Trinajstić information content (AvgIpc) is 3.03. The Balaban J connectivity index is 1.92. The van der Waals surface area contributed by atoms with Gasteiger partial charge in [-0.1, -0.05) is 6.07 Å². The summed E-state index contributed by atoms with van der Waals surface area (Å²) in [5, 5.41) is 10.4. The molecule has 0 aliphatic heterocycles. The van der Waals surface area contributed by atoms with Crippen molar-refractivity contribution in [1.29, 1.82) is 0 Å². The molecule has 8 nitrogen and oxygen atoms in total. The second-order valence-electron chi connectivity index (χ2n) is 6.34. The highest BCUT2D eigenvalue weighted by Crippen LogP contribution is 2.34. The summed E-state index contributed by atoms with van der Waals surface area (Å²) >= 11 is 0. The van der Waals surface area contributed by atoms with Gasteiger partial charge in [0.2, 0.25) is 5.95 Å². The van der Waals surface area contributed by atoms with Crippen molar-refractivity contribution in [2.45, 2.75) is 19.6 Å². The molecule has 0 unspecified atom stereocenters. The summed E-state index contributed by atoms with van der Waals surface area (Å²) in [5.74, 6) is -0.381. The van der Waals surface area contributed by atoms with Crippen LogP contribution in [0.25, 0.3) is 10.9 Å². The van der Waals surface area contributed by atoms with Crippen LogP contribution in [-0.4, -0.2) is 46.7 Å². The van der Waals surface area contributed by atoms with Gasteiger partial charge in [-0.3, -0.25) is 4.68 Å². The van der Waals surface area contributed by atoms with E-state index in [9.17, 15) is 21.6 Å². The molecule has 3 aromatic rings. The summed E-state index contributed by atoms with van der Waals surface area (Å²) in [5.41, 5.74) is 0.268. The molecule has 0 radical (unpaired) electrons. The maximum absolute atomic E-state index is 13.1. The van der Waals surface area contributed by atoms with E-state index in [1.807, 2.05) is 0 Å². The van der Waals surface area contributed by atoms with Gasteiger partial charge in [-0.2, -0.15) is 23.3 Å². The number of benzene rings is 1. The Labute approximate surface area is 165 Å². The number of halogens is 3. The number of aromatic nitrogens is 4. The van der Waals surface area contributed by atoms with Crippen molar-refractivity contribution < 1.29 is 21.6 Å². The summed E-state index contributed by atoms with van der Waals surface area (Å²) in [6.45, 7) is 2.12. The quantitative estimate of drug-likeness (QED) is 0.596. The fourth-order valence-electron chi connectivity index (χ4n) is 2.72. The van der Waals surface area contributed by atoms with Gasteiger partial charge in [-0.05, 0) is 19.1 Å². The van der Waals surface area contributed by atoms with Crippen molar-refractivity contribution in [3.63, 3.8) is 0 Å². The molecule has 0 atom stereocenters. The van der Waals surface area contributed by atoms with Gasteiger partial charge in [0.1, 0.15) is 21.2 Å². The zero-order valence-corrected chi connectivity index (χ0v) is 16.5. The molecule has 0 amide bonds. The largest absolute Gasteiger partial charge is 0.421 e. The van der Waals surface area contributed by atoms with Crippen LogP contribution in [0, 0.1) is 0 Å². The molecule has 3 rings (SSSR count). The van der Waals surface area contributed by atoms with Gasteiger partial charge in [-0.15, -0.1) is 0 Å². The van der Waals surface area contributed by atoms with Crippen LogP contribution < -0.4 is 10.6 Å². The minimum atomic E-state index is -4.57. The maximum atomic E-state index is 13.1. The first-order valence-corrected chi connectivity index (χ1v) is 10.7. The van der Waals surface area contributed by atoms with Crippen molar-refractivity contribution in [3.05, 3.63) is 36.2 Å². The Morgan fingerprint density at radius 1 is 1.21 bits per heavy atom. The van der Waals surface area contributed by atoms with Crippen molar-refractivity contribution in [2.75, 3.05) is 29.2 Å². The lowest BCUT2D eigenvalue weighted by Crippen LogP contribution is -2.14. The predicted molar refractivity (Wildman–Crippen MR) is 104 cm³/mol. The SMILES string of the molecule is CCNc1nc(Nc2cccc3c2cnn3CCS(C)(=O)=O)ncc1C(F)(F)F. The van der Waals surface area contributed by atoms with E-state index in [-0.39, 0.29) is 30.6 Å². The molecule has 0 fully saturated rings. The molecule has 29 heavy (non-hydrogen) atoms. The first-order valence-electron chi connectivity index (χ1n) is 8.66. The number of sulfone groups is 1. The number of alkyl halides is 3. The molecule has 0 saturated heterocycles. The van der Waals surface area contributed by atoms with E-state index in [2.05, 4.69) is 25.7 Å². The van der Waals surface area contributed by atoms with Crippen LogP contribution in [0.15, 0.2) is 30.6 Å². The topological polar surface area (TPSA) is 102 Å². The number of anilines is 3. The number of rotatable bonds is 7. The lowest BCUT2D eigenvalue weighted by atomic mass is 10.2. The third-order valence-electron chi connectivity index (χ3n) is 4.05. The minimum absolute atomic E-state index is 0.00895. The molecule has 0 spiro atoms. The van der Waals surface area contributed by atoms with Gasteiger partial charge >= 0.3 is 6.18 Å². The van der Waals surface area contributed by atoms with E-state index in [0.717, 1.165) is 12.5 Å². The highest BCUT2D eigenvalue weighted by Gasteiger charge is 2.35. The van der Waals surface area contributed by atoms with Crippen LogP contribution in [0.4, 0.5) is 30.6 Å². The van der Waals surface area contributed by atoms with Crippen molar-refractivity contribution in [2.24, 2.45) is 0 Å². The summed E-state index contributed by atoms with van der Waals surface area (Å²) in [7, 11) is -3.15. The zero-order chi connectivity index (χ0) is 21.2. The second-order valence-corrected chi connectivity index (χ2v) is 8.60. The third kappa shape index (κ3) is 4.94. The van der Waals surface area contributed by atoms with E-state index in [1.54, 1.807) is 36.0 Å². The predicted octanol–water partition coefficient (Wildman–Crippen LogP) is 3.07. The average molecular weight is 428 g/mol. The molecule has 1 aromatic carbocycles. The Bertz CT molecular complexity index is 1130. The standard InChI is InChI=1S/C17H19F3N6O2S/c1-3-21-15-12(17(18,19)20)10-22-16(25-15)24-13-5-4-6-14-11(13)9-23-26(14)7-8-29(2,27)28/h4-6,9-10H,3,7-8H2,1-2H3,(H2,21,22,24,25). The Morgan fingerprint density at radius 3 is 2.62 bits per heavy atom. The van der Waals surface area contributed by atoms with E-state index in [0.29, 0.717) is 16.6 Å². The molecular weight excluding hydrogens is 409 g/mol. The van der Waals surface area contributed by atoms with Gasteiger partial charge < -0.3 is 10.6 Å². The van der Waals surface area contributed by atoms with E-state index in [4.69, 9.17) is 0 Å². The zero-order valence-electron chi connectivity index (χ0n) is 15.7. The van der Waals surface area contributed by atoms with Crippen LogP contribution >= 0.6 is 0 Å². The second kappa shape index (κ2) is 7.85. The maximum Gasteiger partial charge on any atom is 0.421 e. The van der Waals surface area contributed by atoms with Gasteiger partial charge in [0.05, 0.1) is 29.7 Å². The van der Waals surface area contributed by atoms with E-state index < -0.39 is 21.6 Å². The number of nitrogens with zero attached hydrogens (tertiary/aromatic N) is 4.